The average molecular weight is 652 g/mol. The van der Waals surface area contributed by atoms with Crippen molar-refractivity contribution in [3.63, 3.8) is 0 Å². The predicted molar refractivity (Wildman–Crippen MR) is 175 cm³/mol. The number of carbonyl (C=O) groups is 2. The fourth-order valence-electron chi connectivity index (χ4n) is 5.69. The van der Waals surface area contributed by atoms with Crippen LogP contribution in [0.2, 0.25) is 0 Å². The van der Waals surface area contributed by atoms with Gasteiger partial charge in [0.05, 0.1) is 47.8 Å². The van der Waals surface area contributed by atoms with E-state index in [1.807, 2.05) is 13.0 Å². The molecule has 2 saturated heterocycles. The topological polar surface area (TPSA) is 138 Å². The van der Waals surface area contributed by atoms with Gasteiger partial charge in [0.1, 0.15) is 11.7 Å². The SMILES string of the molecule is COc1cc(/C=C/C(=O)OC(Cc2c(C)c3ccc(NC(=O)N4CCOCC4)cc3oc2=O)CN2CCOCC2)cc(OC)c1OC. The van der Waals surface area contributed by atoms with Crippen molar-refractivity contribution in [1.29, 1.82) is 0 Å². The largest absolute Gasteiger partial charge is 0.493 e. The van der Waals surface area contributed by atoms with E-state index in [0.717, 1.165) is 10.9 Å². The number of esters is 1. The second-order valence-electron chi connectivity index (χ2n) is 11.2. The molecule has 2 aliphatic rings. The van der Waals surface area contributed by atoms with Gasteiger partial charge < -0.3 is 43.1 Å². The maximum Gasteiger partial charge on any atom is 0.339 e. The van der Waals surface area contributed by atoms with E-state index >= 15 is 0 Å². The molecule has 47 heavy (non-hydrogen) atoms. The summed E-state index contributed by atoms with van der Waals surface area (Å²) < 4.78 is 38.7. The molecule has 0 saturated carbocycles. The number of fused-ring (bicyclic) bond motifs is 1. The Morgan fingerprint density at radius 1 is 0.936 bits per heavy atom. The first-order valence-electron chi connectivity index (χ1n) is 15.5. The van der Waals surface area contributed by atoms with Crippen molar-refractivity contribution in [2.24, 2.45) is 0 Å². The first-order chi connectivity index (χ1) is 22.8. The zero-order chi connectivity index (χ0) is 33.3. The van der Waals surface area contributed by atoms with Crippen LogP contribution in [0.4, 0.5) is 10.5 Å². The Hall–Kier alpha value is -4.59. The molecule has 1 atom stereocenters. The summed E-state index contributed by atoms with van der Waals surface area (Å²) in [7, 11) is 4.55. The van der Waals surface area contributed by atoms with Crippen molar-refractivity contribution >= 4 is 34.7 Å². The fourth-order valence-corrected chi connectivity index (χ4v) is 5.69. The van der Waals surface area contributed by atoms with Crippen LogP contribution in [0.5, 0.6) is 17.2 Å². The molecule has 13 nitrogen and oxygen atoms in total. The number of nitrogens with zero attached hydrogens (tertiary/aromatic N) is 2. The van der Waals surface area contributed by atoms with Crippen LogP contribution in [-0.2, 0) is 25.4 Å². The third-order valence-corrected chi connectivity index (χ3v) is 8.22. The van der Waals surface area contributed by atoms with E-state index in [4.69, 9.17) is 32.8 Å². The predicted octanol–water partition coefficient (Wildman–Crippen LogP) is 3.49. The third-order valence-electron chi connectivity index (χ3n) is 8.22. The Morgan fingerprint density at radius 3 is 2.23 bits per heavy atom. The monoisotopic (exact) mass is 651 g/mol. The van der Waals surface area contributed by atoms with Gasteiger partial charge in [0.15, 0.2) is 11.5 Å². The smallest absolute Gasteiger partial charge is 0.339 e. The molecule has 3 heterocycles. The van der Waals surface area contributed by atoms with Crippen LogP contribution in [0, 0.1) is 6.92 Å². The summed E-state index contributed by atoms with van der Waals surface area (Å²) in [6, 6.07) is 8.44. The molecule has 0 spiro atoms. The zero-order valence-electron chi connectivity index (χ0n) is 27.2. The van der Waals surface area contributed by atoms with Crippen LogP contribution in [0.15, 0.2) is 45.6 Å². The van der Waals surface area contributed by atoms with E-state index in [1.54, 1.807) is 35.2 Å². The molecule has 1 unspecified atom stereocenters. The van der Waals surface area contributed by atoms with Crippen LogP contribution in [0.25, 0.3) is 17.0 Å². The molecule has 1 aromatic heterocycles. The van der Waals surface area contributed by atoms with Crippen LogP contribution in [0.1, 0.15) is 16.7 Å². The van der Waals surface area contributed by atoms with E-state index in [-0.39, 0.29) is 12.5 Å². The lowest BCUT2D eigenvalue weighted by Gasteiger charge is -2.30. The van der Waals surface area contributed by atoms with Crippen molar-refractivity contribution < 1.29 is 42.4 Å². The van der Waals surface area contributed by atoms with Crippen molar-refractivity contribution in [3.05, 3.63) is 63.5 Å². The second kappa shape index (κ2) is 15.8. The highest BCUT2D eigenvalue weighted by atomic mass is 16.5. The molecule has 0 radical (unpaired) electrons. The van der Waals surface area contributed by atoms with Crippen molar-refractivity contribution in [2.75, 3.05) is 85.8 Å². The normalized spacial score (nSPS) is 16.2. The highest BCUT2D eigenvalue weighted by Gasteiger charge is 2.24. The quantitative estimate of drug-likeness (QED) is 0.185. The molecule has 0 aliphatic carbocycles. The number of nitrogens with one attached hydrogen (secondary N) is 1. The van der Waals surface area contributed by atoms with E-state index < -0.39 is 17.7 Å². The number of aryl methyl sites for hydroxylation is 1. The van der Waals surface area contributed by atoms with E-state index in [1.165, 1.54) is 27.4 Å². The molecule has 2 aromatic carbocycles. The molecule has 2 amide bonds. The molecule has 3 aromatic rings. The third kappa shape index (κ3) is 8.42. The number of benzene rings is 2. The molecular formula is C34H41N3O10. The summed E-state index contributed by atoms with van der Waals surface area (Å²) in [5, 5.41) is 3.59. The number of carbonyl (C=O) groups excluding carboxylic acids is 2. The summed E-state index contributed by atoms with van der Waals surface area (Å²) >= 11 is 0. The van der Waals surface area contributed by atoms with Gasteiger partial charge in [0, 0.05) is 67.9 Å². The van der Waals surface area contributed by atoms with Gasteiger partial charge in [-0.25, -0.2) is 14.4 Å². The number of hydrogen-bond donors (Lipinski definition) is 1. The van der Waals surface area contributed by atoms with E-state index in [2.05, 4.69) is 10.2 Å². The molecule has 13 heteroatoms. The van der Waals surface area contributed by atoms with Crippen LogP contribution in [0.3, 0.4) is 0 Å². The summed E-state index contributed by atoms with van der Waals surface area (Å²) in [6.07, 6.45) is 2.44. The number of amides is 2. The summed E-state index contributed by atoms with van der Waals surface area (Å²) in [4.78, 5) is 42.9. The summed E-state index contributed by atoms with van der Waals surface area (Å²) in [6.45, 7) is 6.77. The maximum atomic E-state index is 13.3. The Morgan fingerprint density at radius 2 is 1.60 bits per heavy atom. The fraction of sp³-hybridized carbons (Fsp3) is 0.441. The van der Waals surface area contributed by atoms with E-state index in [9.17, 15) is 14.4 Å². The van der Waals surface area contributed by atoms with Crippen LogP contribution < -0.4 is 25.2 Å². The average Bonchev–Trinajstić information content (AvgIpc) is 3.09. The number of morpholine rings is 2. The standard InChI is InChI=1S/C34H41N3O10/c1-22-26-7-6-24(35-34(40)37-11-15-45-16-12-37)19-28(26)47-33(39)27(22)20-25(21-36-9-13-44-14-10-36)46-31(38)8-5-23-17-29(41-2)32(43-4)30(18-23)42-3/h5-8,17-19,25H,9-16,20-21H2,1-4H3,(H,35,40)/b8-5+. The lowest BCUT2D eigenvalue weighted by molar-refractivity contribution is -0.144. The minimum Gasteiger partial charge on any atom is -0.493 e. The van der Waals surface area contributed by atoms with Crippen molar-refractivity contribution in [3.8, 4) is 17.2 Å². The minimum absolute atomic E-state index is 0.154. The summed E-state index contributed by atoms with van der Waals surface area (Å²) in [5.74, 6) is 0.782. The van der Waals surface area contributed by atoms with Gasteiger partial charge in [0.25, 0.3) is 0 Å². The lowest BCUT2D eigenvalue weighted by Crippen LogP contribution is -2.43. The number of ether oxygens (including phenoxy) is 6. The molecule has 0 bridgehead atoms. The van der Waals surface area contributed by atoms with Gasteiger partial charge in [0.2, 0.25) is 5.75 Å². The molecular weight excluding hydrogens is 610 g/mol. The minimum atomic E-state index is -0.642. The number of anilines is 1. The number of hydrogen-bond acceptors (Lipinski definition) is 11. The first kappa shape index (κ1) is 33.8. The van der Waals surface area contributed by atoms with Crippen LogP contribution >= 0.6 is 0 Å². The Kier molecular flexibility index (Phi) is 11.4. The van der Waals surface area contributed by atoms with Gasteiger partial charge in [-0.1, -0.05) is 0 Å². The molecule has 2 fully saturated rings. The highest BCUT2D eigenvalue weighted by molar-refractivity contribution is 5.93. The first-order valence-corrected chi connectivity index (χ1v) is 15.5. The molecule has 2 aliphatic heterocycles. The molecule has 5 rings (SSSR count). The summed E-state index contributed by atoms with van der Waals surface area (Å²) in [5.41, 5.74) is 2.13. The Labute approximate surface area is 272 Å². The Balaban J connectivity index is 1.35. The number of urea groups is 1. The van der Waals surface area contributed by atoms with Gasteiger partial charge in [-0.15, -0.1) is 0 Å². The second-order valence-corrected chi connectivity index (χ2v) is 11.2. The van der Waals surface area contributed by atoms with Crippen molar-refractivity contribution in [1.82, 2.24) is 9.80 Å². The lowest BCUT2D eigenvalue weighted by atomic mass is 10.0. The van der Waals surface area contributed by atoms with Gasteiger partial charge in [-0.3, -0.25) is 4.90 Å². The number of methoxy groups -OCH3 is 3. The molecule has 1 N–H and O–H groups in total. The molecule has 252 valence electrons. The maximum absolute atomic E-state index is 13.3. The van der Waals surface area contributed by atoms with Gasteiger partial charge >= 0.3 is 17.6 Å². The van der Waals surface area contributed by atoms with Crippen molar-refractivity contribution in [2.45, 2.75) is 19.4 Å². The van der Waals surface area contributed by atoms with Gasteiger partial charge in [-0.2, -0.15) is 0 Å². The Bertz CT molecular complexity index is 1630. The number of rotatable bonds is 11. The highest BCUT2D eigenvalue weighted by Crippen LogP contribution is 2.38. The van der Waals surface area contributed by atoms with Crippen LogP contribution in [-0.4, -0.2) is 108 Å². The zero-order valence-corrected chi connectivity index (χ0v) is 27.2. The van der Waals surface area contributed by atoms with Gasteiger partial charge in [-0.05, 0) is 48.4 Å². The van der Waals surface area contributed by atoms with E-state index in [0.29, 0.717) is 98.8 Å².